The maximum atomic E-state index is 12.3. The van der Waals surface area contributed by atoms with E-state index in [0.717, 1.165) is 0 Å². The smallest absolute Gasteiger partial charge is 0.410 e. The average Bonchev–Trinajstić information content (AvgIpc) is 2.56. The Morgan fingerprint density at radius 1 is 1.52 bits per heavy atom. The predicted molar refractivity (Wildman–Crippen MR) is 75.7 cm³/mol. The van der Waals surface area contributed by atoms with Gasteiger partial charge in [-0.25, -0.2) is 4.79 Å². The molecule has 0 spiro atoms. The number of rotatable bonds is 0. The van der Waals surface area contributed by atoms with E-state index < -0.39 is 11.7 Å². The number of nitriles is 1. The van der Waals surface area contributed by atoms with Crippen LogP contribution in [0.25, 0.3) is 0 Å². The third kappa shape index (κ3) is 3.43. The molecule has 0 saturated carbocycles. The van der Waals surface area contributed by atoms with E-state index in [1.165, 1.54) is 6.20 Å². The molecule has 21 heavy (non-hydrogen) atoms. The highest BCUT2D eigenvalue weighted by Crippen LogP contribution is 2.28. The van der Waals surface area contributed by atoms with Gasteiger partial charge in [0, 0.05) is 18.0 Å². The first kappa shape index (κ1) is 15.1. The number of hydrogen-bond acceptors (Lipinski definition) is 5. The molecule has 1 atom stereocenters. The molecule has 6 heteroatoms. The van der Waals surface area contributed by atoms with Crippen LogP contribution in [0.5, 0.6) is 5.75 Å². The van der Waals surface area contributed by atoms with Gasteiger partial charge in [0.25, 0.3) is 0 Å². The topological polar surface area (TPSA) is 75.5 Å². The van der Waals surface area contributed by atoms with Gasteiger partial charge >= 0.3 is 6.09 Å². The highest BCUT2D eigenvalue weighted by atomic mass is 16.6. The summed E-state index contributed by atoms with van der Waals surface area (Å²) < 4.78 is 11.1. The summed E-state index contributed by atoms with van der Waals surface area (Å²) in [6.45, 7) is 7.99. The molecule has 1 aliphatic rings. The van der Waals surface area contributed by atoms with Crippen molar-refractivity contribution in [1.29, 1.82) is 5.26 Å². The molecule has 2 heterocycles. The molecule has 0 aliphatic carbocycles. The molecule has 0 bridgehead atoms. The summed E-state index contributed by atoms with van der Waals surface area (Å²) in [5.41, 5.74) is 0.537. The van der Waals surface area contributed by atoms with Gasteiger partial charge in [-0.2, -0.15) is 5.26 Å². The third-order valence-corrected chi connectivity index (χ3v) is 3.06. The number of fused-ring (bicyclic) bond motifs is 1. The first-order chi connectivity index (χ1) is 9.81. The SMILES string of the molecule is C[C@@H]1COc2c(C#N)cncc2CN1C(=O)OC(C)(C)C. The quantitative estimate of drug-likeness (QED) is 0.733. The number of amides is 1. The van der Waals surface area contributed by atoms with Crippen LogP contribution in [0.3, 0.4) is 0 Å². The molecule has 1 amide bonds. The van der Waals surface area contributed by atoms with Gasteiger partial charge < -0.3 is 9.47 Å². The number of carbonyl (C=O) groups is 1. The molecule has 6 nitrogen and oxygen atoms in total. The lowest BCUT2D eigenvalue weighted by atomic mass is 10.1. The van der Waals surface area contributed by atoms with E-state index in [1.54, 1.807) is 11.1 Å². The van der Waals surface area contributed by atoms with Crippen molar-refractivity contribution in [2.75, 3.05) is 6.61 Å². The molecule has 0 saturated heterocycles. The standard InChI is InChI=1S/C15H19N3O3/c1-10-9-20-13-11(5-16)6-17-7-12(13)8-18(10)14(19)21-15(2,3)4/h6-7,10H,8-9H2,1-4H3/t10-/m1/s1. The van der Waals surface area contributed by atoms with E-state index in [9.17, 15) is 4.79 Å². The van der Waals surface area contributed by atoms with Crippen LogP contribution in [0.1, 0.15) is 38.8 Å². The Morgan fingerprint density at radius 2 is 2.24 bits per heavy atom. The van der Waals surface area contributed by atoms with Crippen molar-refractivity contribution in [2.45, 2.75) is 45.9 Å². The number of pyridine rings is 1. The van der Waals surface area contributed by atoms with E-state index in [4.69, 9.17) is 14.7 Å². The summed E-state index contributed by atoms with van der Waals surface area (Å²) in [5, 5.41) is 9.10. The molecule has 1 aliphatic heterocycles. The van der Waals surface area contributed by atoms with Crippen LogP contribution >= 0.6 is 0 Å². The molecule has 2 rings (SSSR count). The highest BCUT2D eigenvalue weighted by Gasteiger charge is 2.30. The van der Waals surface area contributed by atoms with Crippen LogP contribution in [-0.4, -0.2) is 34.2 Å². The Labute approximate surface area is 124 Å². The minimum Gasteiger partial charge on any atom is -0.490 e. The fourth-order valence-electron chi connectivity index (χ4n) is 2.05. The van der Waals surface area contributed by atoms with Crippen molar-refractivity contribution in [3.63, 3.8) is 0 Å². The van der Waals surface area contributed by atoms with Crippen LogP contribution in [0, 0.1) is 11.3 Å². The zero-order chi connectivity index (χ0) is 15.6. The minimum absolute atomic E-state index is 0.154. The number of ether oxygens (including phenoxy) is 2. The summed E-state index contributed by atoms with van der Waals surface area (Å²) in [5.74, 6) is 0.505. The van der Waals surface area contributed by atoms with Gasteiger partial charge in [-0.1, -0.05) is 0 Å². The molecule has 1 aromatic rings. The van der Waals surface area contributed by atoms with Gasteiger partial charge in [-0.15, -0.1) is 0 Å². The molecule has 1 aromatic heterocycles. The molecule has 0 N–H and O–H groups in total. The summed E-state index contributed by atoms with van der Waals surface area (Å²) in [6, 6.07) is 1.90. The van der Waals surface area contributed by atoms with E-state index >= 15 is 0 Å². The second kappa shape index (κ2) is 5.60. The van der Waals surface area contributed by atoms with Crippen molar-refractivity contribution >= 4 is 6.09 Å². The number of aromatic nitrogens is 1. The second-order valence-electron chi connectivity index (χ2n) is 6.06. The predicted octanol–water partition coefficient (Wildman–Crippen LogP) is 2.47. The molecule has 0 fully saturated rings. The monoisotopic (exact) mass is 289 g/mol. The van der Waals surface area contributed by atoms with Gasteiger partial charge in [0.15, 0.2) is 0 Å². The lowest BCUT2D eigenvalue weighted by Crippen LogP contribution is -2.42. The number of nitrogens with zero attached hydrogens (tertiary/aromatic N) is 3. The van der Waals surface area contributed by atoms with Crippen LogP contribution in [-0.2, 0) is 11.3 Å². The Hall–Kier alpha value is -2.29. The highest BCUT2D eigenvalue weighted by molar-refractivity contribution is 5.69. The van der Waals surface area contributed by atoms with E-state index in [1.807, 2.05) is 27.7 Å². The number of hydrogen-bond donors (Lipinski definition) is 0. The van der Waals surface area contributed by atoms with E-state index in [0.29, 0.717) is 30.0 Å². The minimum atomic E-state index is -0.556. The van der Waals surface area contributed by atoms with Gasteiger partial charge in [0.1, 0.15) is 29.6 Å². The zero-order valence-electron chi connectivity index (χ0n) is 12.7. The summed E-state index contributed by atoms with van der Waals surface area (Å²) in [7, 11) is 0. The molecule has 0 unspecified atom stereocenters. The van der Waals surface area contributed by atoms with Crippen LogP contribution in [0.15, 0.2) is 12.4 Å². The molecular formula is C15H19N3O3. The second-order valence-corrected chi connectivity index (χ2v) is 6.06. The fraction of sp³-hybridized carbons (Fsp3) is 0.533. The fourth-order valence-corrected chi connectivity index (χ4v) is 2.05. The first-order valence-corrected chi connectivity index (χ1v) is 6.81. The van der Waals surface area contributed by atoms with E-state index in [-0.39, 0.29) is 6.04 Å². The van der Waals surface area contributed by atoms with Gasteiger partial charge in [0.2, 0.25) is 0 Å². The maximum Gasteiger partial charge on any atom is 0.410 e. The molecule has 112 valence electrons. The summed E-state index contributed by atoms with van der Waals surface area (Å²) in [4.78, 5) is 17.9. The van der Waals surface area contributed by atoms with E-state index in [2.05, 4.69) is 11.1 Å². The van der Waals surface area contributed by atoms with Gasteiger partial charge in [0.05, 0.1) is 12.6 Å². The molecule has 0 aromatic carbocycles. The third-order valence-electron chi connectivity index (χ3n) is 3.06. The first-order valence-electron chi connectivity index (χ1n) is 6.81. The van der Waals surface area contributed by atoms with Crippen molar-refractivity contribution in [2.24, 2.45) is 0 Å². The Morgan fingerprint density at radius 3 is 2.86 bits per heavy atom. The van der Waals surface area contributed by atoms with Crippen molar-refractivity contribution in [3.8, 4) is 11.8 Å². The largest absolute Gasteiger partial charge is 0.490 e. The Kier molecular flexibility index (Phi) is 4.03. The maximum absolute atomic E-state index is 12.3. The lowest BCUT2D eigenvalue weighted by molar-refractivity contribution is 0.0133. The van der Waals surface area contributed by atoms with Crippen molar-refractivity contribution < 1.29 is 14.3 Å². The average molecular weight is 289 g/mol. The molecular weight excluding hydrogens is 270 g/mol. The van der Waals surface area contributed by atoms with Crippen molar-refractivity contribution in [1.82, 2.24) is 9.88 Å². The van der Waals surface area contributed by atoms with Gasteiger partial charge in [-0.3, -0.25) is 9.88 Å². The van der Waals surface area contributed by atoms with Crippen LogP contribution in [0.4, 0.5) is 4.79 Å². The normalized spacial score (nSPS) is 18.0. The summed E-state index contributed by atoms with van der Waals surface area (Å²) in [6.07, 6.45) is 2.69. The van der Waals surface area contributed by atoms with Crippen LogP contribution < -0.4 is 4.74 Å². The molecule has 0 radical (unpaired) electrons. The Bertz CT molecular complexity index is 587. The Balaban J connectivity index is 2.29. The summed E-state index contributed by atoms with van der Waals surface area (Å²) >= 11 is 0. The van der Waals surface area contributed by atoms with Crippen LogP contribution in [0.2, 0.25) is 0 Å². The zero-order valence-corrected chi connectivity index (χ0v) is 12.7. The van der Waals surface area contributed by atoms with Crippen molar-refractivity contribution in [3.05, 3.63) is 23.5 Å². The lowest BCUT2D eigenvalue weighted by Gasteiger charge is -2.29. The number of carbonyl (C=O) groups excluding carboxylic acids is 1. The van der Waals surface area contributed by atoms with Gasteiger partial charge in [-0.05, 0) is 27.7 Å².